The van der Waals surface area contributed by atoms with Crippen molar-refractivity contribution in [2.24, 2.45) is 0 Å². The number of nitrogens with one attached hydrogen (secondary N) is 1. The van der Waals surface area contributed by atoms with Crippen LogP contribution in [-0.2, 0) is 6.54 Å². The average molecular weight is 433 g/mol. The second-order valence-electron chi connectivity index (χ2n) is 7.15. The second-order valence-corrected chi connectivity index (χ2v) is 7.96. The Morgan fingerprint density at radius 3 is 2.30 bits per heavy atom. The molecular formula is C21H25Cl3FNO. The Kier molecular flexibility index (Phi) is 8.39. The zero-order chi connectivity index (χ0) is 18.6. The summed E-state index contributed by atoms with van der Waals surface area (Å²) in [6.45, 7) is 1.24. The highest BCUT2D eigenvalue weighted by atomic mass is 35.5. The van der Waals surface area contributed by atoms with Gasteiger partial charge in [0.25, 0.3) is 0 Å². The van der Waals surface area contributed by atoms with Gasteiger partial charge < -0.3 is 10.4 Å². The van der Waals surface area contributed by atoms with Gasteiger partial charge in [-0.05, 0) is 48.2 Å². The SMILES string of the molecule is Cl.OC1(C(CNCc2ccc(F)cc2)c2ccc(Cl)c(Cl)c2)CCCCC1. The molecule has 1 aliphatic carbocycles. The van der Waals surface area contributed by atoms with Crippen LogP contribution in [0.25, 0.3) is 0 Å². The van der Waals surface area contributed by atoms with Crippen molar-refractivity contribution < 1.29 is 9.50 Å². The third-order valence-electron chi connectivity index (χ3n) is 5.30. The molecule has 1 unspecified atom stereocenters. The van der Waals surface area contributed by atoms with Crippen molar-refractivity contribution in [3.63, 3.8) is 0 Å². The van der Waals surface area contributed by atoms with Gasteiger partial charge in [-0.3, -0.25) is 0 Å². The van der Waals surface area contributed by atoms with Gasteiger partial charge in [0, 0.05) is 19.0 Å². The van der Waals surface area contributed by atoms with Gasteiger partial charge in [-0.1, -0.05) is 60.7 Å². The number of aliphatic hydroxyl groups is 1. The van der Waals surface area contributed by atoms with Crippen molar-refractivity contribution in [1.29, 1.82) is 0 Å². The first-order valence-corrected chi connectivity index (χ1v) is 9.86. The summed E-state index contributed by atoms with van der Waals surface area (Å²) in [5.41, 5.74) is 1.26. The molecule has 1 aliphatic rings. The summed E-state index contributed by atoms with van der Waals surface area (Å²) < 4.78 is 13.0. The Hall–Kier alpha value is -0.840. The van der Waals surface area contributed by atoms with E-state index in [2.05, 4.69) is 5.32 Å². The molecule has 0 aromatic heterocycles. The van der Waals surface area contributed by atoms with E-state index in [0.717, 1.165) is 36.8 Å². The molecular weight excluding hydrogens is 408 g/mol. The maximum absolute atomic E-state index is 13.0. The molecule has 2 aromatic rings. The van der Waals surface area contributed by atoms with E-state index in [-0.39, 0.29) is 24.1 Å². The lowest BCUT2D eigenvalue weighted by molar-refractivity contribution is -0.0216. The normalized spacial score (nSPS) is 17.2. The van der Waals surface area contributed by atoms with Crippen LogP contribution in [0.4, 0.5) is 4.39 Å². The van der Waals surface area contributed by atoms with E-state index in [1.54, 1.807) is 18.2 Å². The molecule has 148 valence electrons. The second kappa shape index (κ2) is 10.1. The van der Waals surface area contributed by atoms with Crippen LogP contribution in [-0.4, -0.2) is 17.3 Å². The van der Waals surface area contributed by atoms with Gasteiger partial charge in [0.1, 0.15) is 5.82 Å². The Balaban J connectivity index is 0.00000261. The monoisotopic (exact) mass is 431 g/mol. The molecule has 0 bridgehead atoms. The van der Waals surface area contributed by atoms with Crippen LogP contribution in [0.2, 0.25) is 10.0 Å². The smallest absolute Gasteiger partial charge is 0.123 e. The van der Waals surface area contributed by atoms with Gasteiger partial charge in [-0.15, -0.1) is 12.4 Å². The molecule has 2 N–H and O–H groups in total. The topological polar surface area (TPSA) is 32.3 Å². The number of hydrogen-bond acceptors (Lipinski definition) is 2. The fourth-order valence-electron chi connectivity index (χ4n) is 3.82. The number of rotatable bonds is 6. The quantitative estimate of drug-likeness (QED) is 0.576. The molecule has 3 rings (SSSR count). The molecule has 6 heteroatoms. The van der Waals surface area contributed by atoms with Gasteiger partial charge in [-0.2, -0.15) is 0 Å². The van der Waals surface area contributed by atoms with Crippen molar-refractivity contribution in [2.75, 3.05) is 6.54 Å². The molecule has 0 aliphatic heterocycles. The van der Waals surface area contributed by atoms with Crippen LogP contribution in [0, 0.1) is 5.82 Å². The van der Waals surface area contributed by atoms with Crippen LogP contribution >= 0.6 is 35.6 Å². The van der Waals surface area contributed by atoms with E-state index in [0.29, 0.717) is 23.1 Å². The molecule has 2 aromatic carbocycles. The summed E-state index contributed by atoms with van der Waals surface area (Å²) >= 11 is 12.3. The molecule has 1 fully saturated rings. The van der Waals surface area contributed by atoms with Gasteiger partial charge in [0.2, 0.25) is 0 Å². The maximum atomic E-state index is 13.0. The zero-order valence-corrected chi connectivity index (χ0v) is 17.4. The molecule has 1 atom stereocenters. The zero-order valence-electron chi connectivity index (χ0n) is 15.1. The van der Waals surface area contributed by atoms with Crippen molar-refractivity contribution in [3.8, 4) is 0 Å². The number of halogens is 4. The third-order valence-corrected chi connectivity index (χ3v) is 6.04. The van der Waals surface area contributed by atoms with Crippen molar-refractivity contribution >= 4 is 35.6 Å². The van der Waals surface area contributed by atoms with Crippen LogP contribution < -0.4 is 5.32 Å². The summed E-state index contributed by atoms with van der Waals surface area (Å²) in [4.78, 5) is 0. The fraction of sp³-hybridized carbons (Fsp3) is 0.429. The minimum Gasteiger partial charge on any atom is -0.389 e. The predicted octanol–water partition coefficient (Wildman–Crippen LogP) is 6.12. The summed E-state index contributed by atoms with van der Waals surface area (Å²) in [5, 5.41) is 15.8. The number of hydrogen-bond donors (Lipinski definition) is 2. The van der Waals surface area contributed by atoms with Gasteiger partial charge in [-0.25, -0.2) is 4.39 Å². The lowest BCUT2D eigenvalue weighted by atomic mass is 9.72. The van der Waals surface area contributed by atoms with Crippen LogP contribution in [0.3, 0.4) is 0 Å². The molecule has 0 amide bonds. The summed E-state index contributed by atoms with van der Waals surface area (Å²) in [7, 11) is 0. The summed E-state index contributed by atoms with van der Waals surface area (Å²) in [5.74, 6) is -0.308. The molecule has 0 saturated heterocycles. The minimum absolute atomic E-state index is 0. The largest absolute Gasteiger partial charge is 0.389 e. The maximum Gasteiger partial charge on any atom is 0.123 e. The standard InChI is InChI=1S/C21H24Cl2FNO.ClH/c22-19-9-6-16(12-20(19)23)18(21(26)10-2-1-3-11-21)14-25-13-15-4-7-17(24)8-5-15;/h4-9,12,18,25-26H,1-3,10-11,13-14H2;1H. The molecule has 0 radical (unpaired) electrons. The molecule has 0 heterocycles. The lowest BCUT2D eigenvalue weighted by Gasteiger charge is -2.40. The Morgan fingerprint density at radius 1 is 1.00 bits per heavy atom. The Labute approximate surface area is 176 Å². The van der Waals surface area contributed by atoms with E-state index in [1.807, 2.05) is 12.1 Å². The highest BCUT2D eigenvalue weighted by Crippen LogP contribution is 2.41. The molecule has 27 heavy (non-hydrogen) atoms. The number of benzene rings is 2. The van der Waals surface area contributed by atoms with E-state index in [1.165, 1.54) is 18.6 Å². The predicted molar refractivity (Wildman–Crippen MR) is 113 cm³/mol. The van der Waals surface area contributed by atoms with E-state index >= 15 is 0 Å². The van der Waals surface area contributed by atoms with Crippen molar-refractivity contribution in [1.82, 2.24) is 5.32 Å². The highest BCUT2D eigenvalue weighted by Gasteiger charge is 2.38. The van der Waals surface area contributed by atoms with Gasteiger partial charge in [0.15, 0.2) is 0 Å². The summed E-state index contributed by atoms with van der Waals surface area (Å²) in [6.07, 6.45) is 4.81. The minimum atomic E-state index is -0.745. The third kappa shape index (κ3) is 5.82. The molecule has 0 spiro atoms. The fourth-order valence-corrected chi connectivity index (χ4v) is 4.13. The lowest BCUT2D eigenvalue weighted by Crippen LogP contribution is -2.43. The average Bonchev–Trinajstić information content (AvgIpc) is 2.63. The first-order chi connectivity index (χ1) is 12.5. The van der Waals surface area contributed by atoms with Gasteiger partial charge >= 0.3 is 0 Å². The Bertz CT molecular complexity index is 733. The van der Waals surface area contributed by atoms with Crippen LogP contribution in [0.5, 0.6) is 0 Å². The highest BCUT2D eigenvalue weighted by molar-refractivity contribution is 6.42. The van der Waals surface area contributed by atoms with E-state index in [9.17, 15) is 9.50 Å². The summed E-state index contributed by atoms with van der Waals surface area (Å²) in [6, 6.07) is 12.1. The van der Waals surface area contributed by atoms with E-state index in [4.69, 9.17) is 23.2 Å². The Morgan fingerprint density at radius 2 is 1.67 bits per heavy atom. The van der Waals surface area contributed by atoms with Crippen LogP contribution in [0.1, 0.15) is 49.1 Å². The molecule has 1 saturated carbocycles. The van der Waals surface area contributed by atoms with Crippen LogP contribution in [0.15, 0.2) is 42.5 Å². The molecule has 2 nitrogen and oxygen atoms in total. The van der Waals surface area contributed by atoms with Crippen molar-refractivity contribution in [2.45, 2.75) is 50.2 Å². The van der Waals surface area contributed by atoms with E-state index < -0.39 is 5.60 Å². The first-order valence-electron chi connectivity index (χ1n) is 9.10. The first kappa shape index (κ1) is 22.4. The van der Waals surface area contributed by atoms with Crippen molar-refractivity contribution in [3.05, 3.63) is 69.5 Å². The van der Waals surface area contributed by atoms with Gasteiger partial charge in [0.05, 0.1) is 15.6 Å².